The number of aryl methyl sites for hydroxylation is 1. The molecule has 0 unspecified atom stereocenters. The third-order valence-corrected chi connectivity index (χ3v) is 14.9. The fourth-order valence-corrected chi connectivity index (χ4v) is 11.0. The van der Waals surface area contributed by atoms with Gasteiger partial charge in [-0.2, -0.15) is 0 Å². The predicted molar refractivity (Wildman–Crippen MR) is 278 cm³/mol. The van der Waals surface area contributed by atoms with E-state index in [1.807, 2.05) is 45.0 Å². The monoisotopic (exact) mass is 1000 g/mol. The van der Waals surface area contributed by atoms with E-state index in [0.29, 0.717) is 69.7 Å². The molecule has 0 saturated carbocycles. The Labute approximate surface area is 429 Å². The van der Waals surface area contributed by atoms with E-state index < -0.39 is 47.2 Å². The number of morpholine rings is 1. The third-order valence-electron chi connectivity index (χ3n) is 14.9. The van der Waals surface area contributed by atoms with Gasteiger partial charge in [0.2, 0.25) is 17.7 Å². The molecule has 6 heterocycles. The predicted octanol–water partition coefficient (Wildman–Crippen LogP) is 5.67. The van der Waals surface area contributed by atoms with Crippen LogP contribution < -0.4 is 10.7 Å². The maximum absolute atomic E-state index is 14.8. The number of phenolic OH excluding ortho intramolecular Hbond substituents is 1. The Balaban J connectivity index is 1.11. The lowest BCUT2D eigenvalue weighted by Gasteiger charge is -2.37. The van der Waals surface area contributed by atoms with Crippen molar-refractivity contribution in [1.82, 2.24) is 40.0 Å². The number of hydrogen-bond donors (Lipinski definition) is 3. The summed E-state index contributed by atoms with van der Waals surface area (Å²) in [5, 5.41) is 16.8. The van der Waals surface area contributed by atoms with Gasteiger partial charge in [0.1, 0.15) is 23.9 Å². The number of benzene rings is 2. The van der Waals surface area contributed by atoms with Gasteiger partial charge >= 0.3 is 5.97 Å². The lowest BCUT2D eigenvalue weighted by molar-refractivity contribution is -0.155. The van der Waals surface area contributed by atoms with Crippen LogP contribution in [0, 0.1) is 17.3 Å². The lowest BCUT2D eigenvalue weighted by atomic mass is 9.84. The molecule has 0 radical (unpaired) electrons. The minimum absolute atomic E-state index is 0.0118. The van der Waals surface area contributed by atoms with Gasteiger partial charge in [-0.05, 0) is 104 Å². The van der Waals surface area contributed by atoms with Crippen LogP contribution in [0.3, 0.4) is 0 Å². The number of amides is 4. The summed E-state index contributed by atoms with van der Waals surface area (Å²) >= 11 is 0. The number of nitrogens with zero attached hydrogens (tertiary/aromatic N) is 6. The van der Waals surface area contributed by atoms with Crippen LogP contribution in [0.5, 0.6) is 5.75 Å². The Kier molecular flexibility index (Phi) is 16.7. The van der Waals surface area contributed by atoms with E-state index in [1.54, 1.807) is 43.5 Å². The number of esters is 1. The van der Waals surface area contributed by atoms with Gasteiger partial charge in [-0.15, -0.1) is 0 Å². The molecule has 2 aromatic carbocycles. The maximum atomic E-state index is 14.8. The molecular formula is C56H74N8O9. The first-order valence-corrected chi connectivity index (χ1v) is 26.0. The molecular weight excluding hydrogens is 929 g/mol. The Morgan fingerprint density at radius 1 is 1.03 bits per heavy atom. The van der Waals surface area contributed by atoms with E-state index >= 15 is 0 Å². The van der Waals surface area contributed by atoms with Gasteiger partial charge in [0.15, 0.2) is 0 Å². The van der Waals surface area contributed by atoms with E-state index in [4.69, 9.17) is 19.2 Å². The first-order chi connectivity index (χ1) is 35.0. The summed E-state index contributed by atoms with van der Waals surface area (Å²) in [6, 6.07) is 12.5. The van der Waals surface area contributed by atoms with Crippen molar-refractivity contribution in [2.24, 2.45) is 17.3 Å². The smallest absolute Gasteiger partial charge is 0.324 e. The number of phenols is 1. The average molecular weight is 1000 g/mol. The summed E-state index contributed by atoms with van der Waals surface area (Å²) in [5.41, 5.74) is 9.54. The number of methoxy groups -OCH3 is 1. The fraction of sp³-hybridized carbons (Fsp3) is 0.536. The second-order valence-corrected chi connectivity index (χ2v) is 21.3. The molecule has 4 aliphatic heterocycles. The molecule has 4 aliphatic rings. The molecule has 2 aromatic heterocycles. The van der Waals surface area contributed by atoms with Crippen LogP contribution in [-0.4, -0.2) is 155 Å². The fourth-order valence-electron chi connectivity index (χ4n) is 11.0. The van der Waals surface area contributed by atoms with Gasteiger partial charge in [-0.3, -0.25) is 38.9 Å². The number of carbonyl (C=O) groups excluding carboxylic acids is 5. The Morgan fingerprint density at radius 2 is 1.81 bits per heavy atom. The number of aromatic nitrogens is 2. The first-order valence-electron chi connectivity index (χ1n) is 26.0. The van der Waals surface area contributed by atoms with E-state index in [-0.39, 0.29) is 55.7 Å². The molecule has 3 N–H and O–H groups in total. The molecule has 3 fully saturated rings. The number of hydrogen-bond acceptors (Lipinski definition) is 12. The molecule has 73 heavy (non-hydrogen) atoms. The Bertz CT molecular complexity index is 2710. The van der Waals surface area contributed by atoms with Crippen LogP contribution >= 0.6 is 0 Å². The lowest BCUT2D eigenvalue weighted by Crippen LogP contribution is -2.62. The largest absolute Gasteiger partial charge is 0.508 e. The summed E-state index contributed by atoms with van der Waals surface area (Å²) in [7, 11) is 3.28. The van der Waals surface area contributed by atoms with Gasteiger partial charge < -0.3 is 39.0 Å². The molecule has 4 aromatic rings. The summed E-state index contributed by atoms with van der Waals surface area (Å²) in [6.45, 7) is 17.2. The highest BCUT2D eigenvalue weighted by Crippen LogP contribution is 2.42. The topological polar surface area (TPSA) is 188 Å². The van der Waals surface area contributed by atoms with Crippen molar-refractivity contribution >= 4 is 40.5 Å². The van der Waals surface area contributed by atoms with Crippen molar-refractivity contribution in [2.45, 2.75) is 104 Å². The number of carbonyl (C=O) groups is 5. The molecule has 8 rings (SSSR count). The maximum Gasteiger partial charge on any atom is 0.324 e. The van der Waals surface area contributed by atoms with Crippen molar-refractivity contribution in [3.63, 3.8) is 0 Å². The van der Waals surface area contributed by atoms with Gasteiger partial charge in [0.25, 0.3) is 5.91 Å². The number of likely N-dealkylation sites (N-methyl/N-ethyl adjacent to an activating group) is 1. The second kappa shape index (κ2) is 23.0. The third kappa shape index (κ3) is 12.0. The molecule has 392 valence electrons. The van der Waals surface area contributed by atoms with Crippen molar-refractivity contribution in [1.29, 1.82) is 0 Å². The van der Waals surface area contributed by atoms with Gasteiger partial charge in [0, 0.05) is 101 Å². The average Bonchev–Trinajstić information content (AvgIpc) is 4.00. The Hall–Kier alpha value is -6.14. The molecule has 3 saturated heterocycles. The summed E-state index contributed by atoms with van der Waals surface area (Å²) in [6.07, 6.45) is 6.84. The van der Waals surface area contributed by atoms with Crippen LogP contribution in [0.25, 0.3) is 33.3 Å². The molecule has 4 amide bonds. The first kappa shape index (κ1) is 53.2. The van der Waals surface area contributed by atoms with Crippen LogP contribution in [0.1, 0.15) is 83.7 Å². The number of likely N-dealkylation sites (tertiary alicyclic amines) is 1. The summed E-state index contributed by atoms with van der Waals surface area (Å²) in [4.78, 5) is 81.1. The second-order valence-electron chi connectivity index (χ2n) is 21.3. The van der Waals surface area contributed by atoms with Crippen LogP contribution in [0.15, 0.2) is 66.9 Å². The summed E-state index contributed by atoms with van der Waals surface area (Å²) in [5.74, 6) is -2.77. The number of cyclic esters (lactones) is 1. The van der Waals surface area contributed by atoms with Crippen molar-refractivity contribution in [3.05, 3.63) is 83.7 Å². The minimum atomic E-state index is -1.17. The number of pyridine rings is 1. The number of hydrazine groups is 1. The molecule has 0 aliphatic carbocycles. The number of nitrogens with one attached hydrogen (secondary N) is 2. The molecule has 0 spiro atoms. The SMILES string of the molecule is CCn1c(-c2cccnc2[C@H](C)OC)c2c3cc(ccc31)-c1cc(O)cc(c1)C[C@H](NC(=O)[C@H](C(C)C)N(C)C(=O)[C@H]1CCN(C(=O)/C=C/CN3CCOCC3)C1)C(=O)N1CCC[C@H](N1)C(=O)OCC(C)(C)C2. The van der Waals surface area contributed by atoms with E-state index in [9.17, 15) is 29.1 Å². The van der Waals surface area contributed by atoms with E-state index in [1.165, 1.54) is 9.91 Å². The zero-order valence-corrected chi connectivity index (χ0v) is 43.8. The van der Waals surface area contributed by atoms with Gasteiger partial charge in [-0.25, -0.2) is 5.43 Å². The van der Waals surface area contributed by atoms with Gasteiger partial charge in [-0.1, -0.05) is 45.9 Å². The molecule has 17 nitrogen and oxygen atoms in total. The minimum Gasteiger partial charge on any atom is -0.508 e. The quantitative estimate of drug-likeness (QED) is 0.117. The van der Waals surface area contributed by atoms with Crippen LogP contribution in [0.2, 0.25) is 0 Å². The van der Waals surface area contributed by atoms with Crippen LogP contribution in [-0.2, 0) is 57.6 Å². The highest BCUT2D eigenvalue weighted by Gasteiger charge is 2.40. The van der Waals surface area contributed by atoms with E-state index in [2.05, 4.69) is 59.2 Å². The zero-order chi connectivity index (χ0) is 52.1. The zero-order valence-electron chi connectivity index (χ0n) is 43.8. The molecule has 6 bridgehead atoms. The number of ether oxygens (including phenoxy) is 3. The normalized spacial score (nSPS) is 21.8. The molecule has 17 heteroatoms. The summed E-state index contributed by atoms with van der Waals surface area (Å²) < 4.78 is 19.7. The highest BCUT2D eigenvalue weighted by atomic mass is 16.5. The molecule has 5 atom stereocenters. The van der Waals surface area contributed by atoms with Gasteiger partial charge in [0.05, 0.1) is 43.2 Å². The number of fused-ring (bicyclic) bond motifs is 6. The van der Waals surface area contributed by atoms with Crippen LogP contribution in [0.4, 0.5) is 0 Å². The van der Waals surface area contributed by atoms with Crippen molar-refractivity contribution < 1.29 is 43.3 Å². The number of rotatable bonds is 12. The van der Waals surface area contributed by atoms with E-state index in [0.717, 1.165) is 52.1 Å². The standard InChI is InChI=1S/C56H74N8O9/c1-9-63-47-17-16-38-31-43(47)44(51(63)42-13-10-19-57-49(42)36(4)71-8)32-56(5,6)34-73-55(70)45-14-11-21-64(59-45)54(69)46(29-37-27-40(38)30-41(65)28-37)58-52(67)50(35(2)3)60(7)53(68)39-18-22-62(33-39)48(66)15-12-20-61-23-25-72-26-24-61/h10,12-13,15-17,19,27-28,30-31,35-36,39,45-46,50,59,65H,9,11,14,18,20-26,29,32-34H2,1-8H3,(H,58,67)/b15-12+/t36-,39-,45-,46-,50-/m0/s1. The van der Waals surface area contributed by atoms with Crippen molar-refractivity contribution in [2.75, 3.05) is 73.2 Å². The Morgan fingerprint density at radius 3 is 2.55 bits per heavy atom. The highest BCUT2D eigenvalue weighted by molar-refractivity contribution is 5.96. The van der Waals surface area contributed by atoms with Crippen molar-refractivity contribution in [3.8, 4) is 28.1 Å². The number of aromatic hydroxyl groups is 1.